The van der Waals surface area contributed by atoms with Crippen LogP contribution in [0, 0.1) is 13.8 Å². The highest BCUT2D eigenvalue weighted by Crippen LogP contribution is 2.27. The van der Waals surface area contributed by atoms with Gasteiger partial charge in [0, 0.05) is 12.1 Å². The van der Waals surface area contributed by atoms with E-state index in [2.05, 4.69) is 48.6 Å². The zero-order chi connectivity index (χ0) is 24.2. The molecular weight excluding hydrogens is 426 g/mol. The van der Waals surface area contributed by atoms with Gasteiger partial charge in [0.1, 0.15) is 11.8 Å². The van der Waals surface area contributed by atoms with Crippen molar-refractivity contribution in [2.75, 3.05) is 6.54 Å². The first kappa shape index (κ1) is 23.7. The monoisotopic (exact) mass is 459 g/mol. The summed E-state index contributed by atoms with van der Waals surface area (Å²) in [4.78, 5) is 28.3. The van der Waals surface area contributed by atoms with E-state index in [-0.39, 0.29) is 24.3 Å². The van der Waals surface area contributed by atoms with Gasteiger partial charge < -0.3 is 14.7 Å². The zero-order valence-corrected chi connectivity index (χ0v) is 20.4. The lowest BCUT2D eigenvalue weighted by molar-refractivity contribution is -0.138. The Bertz CT molecular complexity index is 1120. The number of carbonyl (C=O) groups is 2. The van der Waals surface area contributed by atoms with E-state index in [4.69, 9.17) is 4.52 Å². The number of hydrogen-bond donors (Lipinski definition) is 1. The van der Waals surface area contributed by atoms with Gasteiger partial charge in [0.2, 0.25) is 11.8 Å². The summed E-state index contributed by atoms with van der Waals surface area (Å²) in [5, 5.41) is 7.19. The lowest BCUT2D eigenvalue weighted by Gasteiger charge is -2.27. The Morgan fingerprint density at radius 3 is 2.29 bits per heavy atom. The van der Waals surface area contributed by atoms with E-state index >= 15 is 0 Å². The zero-order valence-electron chi connectivity index (χ0n) is 20.4. The van der Waals surface area contributed by atoms with Crippen molar-refractivity contribution in [1.29, 1.82) is 0 Å². The third-order valence-corrected chi connectivity index (χ3v) is 6.74. The summed E-state index contributed by atoms with van der Waals surface area (Å²) in [6, 6.07) is 17.6. The maximum absolute atomic E-state index is 13.5. The predicted octanol–water partition coefficient (Wildman–Crippen LogP) is 4.85. The molecule has 1 N–H and O–H groups in total. The van der Waals surface area contributed by atoms with Crippen molar-refractivity contribution >= 4 is 11.8 Å². The highest BCUT2D eigenvalue weighted by atomic mass is 16.5. The highest BCUT2D eigenvalue weighted by molar-refractivity contribution is 5.89. The molecule has 1 saturated heterocycles. The van der Waals surface area contributed by atoms with Crippen LogP contribution in [0.4, 0.5) is 0 Å². The minimum atomic E-state index is -0.478. The van der Waals surface area contributed by atoms with Crippen LogP contribution < -0.4 is 5.32 Å². The van der Waals surface area contributed by atoms with Gasteiger partial charge in [-0.05, 0) is 49.3 Å². The number of aryl methyl sites for hydroxylation is 2. The van der Waals surface area contributed by atoms with Crippen LogP contribution in [0.1, 0.15) is 72.4 Å². The van der Waals surface area contributed by atoms with Crippen molar-refractivity contribution in [3.8, 4) is 0 Å². The van der Waals surface area contributed by atoms with Gasteiger partial charge >= 0.3 is 0 Å². The van der Waals surface area contributed by atoms with E-state index in [1.807, 2.05) is 44.2 Å². The van der Waals surface area contributed by atoms with E-state index in [0.29, 0.717) is 24.6 Å². The summed E-state index contributed by atoms with van der Waals surface area (Å²) in [5.74, 6) is 0.908. The molecule has 2 atom stereocenters. The van der Waals surface area contributed by atoms with Crippen LogP contribution in [0.15, 0.2) is 59.1 Å². The number of hydrogen-bond acceptors (Lipinski definition) is 4. The Labute approximate surface area is 201 Å². The van der Waals surface area contributed by atoms with E-state index < -0.39 is 6.04 Å². The molecule has 0 unspecified atom stereocenters. The van der Waals surface area contributed by atoms with Gasteiger partial charge in [-0.25, -0.2) is 0 Å². The third kappa shape index (κ3) is 5.06. The molecule has 6 nitrogen and oxygen atoms in total. The lowest BCUT2D eigenvalue weighted by Crippen LogP contribution is -2.47. The quantitative estimate of drug-likeness (QED) is 0.548. The Morgan fingerprint density at radius 1 is 1.03 bits per heavy atom. The van der Waals surface area contributed by atoms with Gasteiger partial charge in [0.15, 0.2) is 0 Å². The van der Waals surface area contributed by atoms with Crippen LogP contribution in [0.2, 0.25) is 0 Å². The van der Waals surface area contributed by atoms with E-state index in [9.17, 15) is 9.59 Å². The third-order valence-electron chi connectivity index (χ3n) is 6.74. The van der Waals surface area contributed by atoms with Gasteiger partial charge in [-0.1, -0.05) is 73.6 Å². The first-order valence-electron chi connectivity index (χ1n) is 12.0. The molecule has 178 valence electrons. The number of benzene rings is 2. The molecule has 0 saturated carbocycles. The molecule has 6 heteroatoms. The molecule has 1 aliphatic heterocycles. The van der Waals surface area contributed by atoms with Crippen LogP contribution in [0.5, 0.6) is 0 Å². The number of aromatic nitrogens is 1. The summed E-state index contributed by atoms with van der Waals surface area (Å²) in [6.45, 7) is 8.56. The van der Waals surface area contributed by atoms with Crippen molar-refractivity contribution in [2.45, 2.75) is 65.0 Å². The van der Waals surface area contributed by atoms with Crippen LogP contribution >= 0.6 is 0 Å². The van der Waals surface area contributed by atoms with Crippen molar-refractivity contribution in [1.82, 2.24) is 15.4 Å². The second kappa shape index (κ2) is 10.2. The number of nitrogens with zero attached hydrogens (tertiary/aromatic N) is 2. The Kier molecular flexibility index (Phi) is 7.15. The topological polar surface area (TPSA) is 75.4 Å². The fraction of sp³-hybridized carbons (Fsp3) is 0.393. The number of amides is 2. The van der Waals surface area contributed by atoms with E-state index in [0.717, 1.165) is 28.8 Å². The molecule has 2 amide bonds. The van der Waals surface area contributed by atoms with Gasteiger partial charge in [-0.2, -0.15) is 0 Å². The highest BCUT2D eigenvalue weighted by Gasteiger charge is 2.35. The van der Waals surface area contributed by atoms with Crippen molar-refractivity contribution in [3.05, 3.63) is 88.3 Å². The summed E-state index contributed by atoms with van der Waals surface area (Å²) < 4.78 is 5.21. The number of carbonyl (C=O) groups excluding carboxylic acids is 2. The van der Waals surface area contributed by atoms with Crippen molar-refractivity contribution < 1.29 is 14.1 Å². The normalized spacial score (nSPS) is 16.6. The molecule has 1 fully saturated rings. The van der Waals surface area contributed by atoms with Crippen molar-refractivity contribution in [3.63, 3.8) is 0 Å². The minimum Gasteiger partial charge on any atom is -0.361 e. The first-order valence-corrected chi connectivity index (χ1v) is 12.0. The van der Waals surface area contributed by atoms with Crippen LogP contribution in [-0.2, 0) is 16.0 Å². The lowest BCUT2D eigenvalue weighted by atomic mass is 9.95. The molecule has 34 heavy (non-hydrogen) atoms. The molecule has 3 aromatic rings. The molecule has 1 aliphatic rings. The molecule has 0 aliphatic carbocycles. The van der Waals surface area contributed by atoms with Crippen molar-refractivity contribution in [2.24, 2.45) is 0 Å². The average molecular weight is 460 g/mol. The SMILES string of the molecule is Cc1noc(C)c1CC(=O)N1CCC[C@H]1C(=O)N[C@@H](c1ccccc1)c1ccc(C(C)C)cc1. The summed E-state index contributed by atoms with van der Waals surface area (Å²) in [7, 11) is 0. The molecule has 4 rings (SSSR count). The molecule has 1 aromatic heterocycles. The van der Waals surface area contributed by atoms with E-state index in [1.165, 1.54) is 5.56 Å². The maximum Gasteiger partial charge on any atom is 0.243 e. The fourth-order valence-corrected chi connectivity index (χ4v) is 4.66. The van der Waals surface area contributed by atoms with Gasteiger partial charge in [0.05, 0.1) is 18.2 Å². The van der Waals surface area contributed by atoms with Crippen LogP contribution in [0.3, 0.4) is 0 Å². The Hall–Kier alpha value is -3.41. The largest absolute Gasteiger partial charge is 0.361 e. The maximum atomic E-state index is 13.5. The summed E-state index contributed by atoms with van der Waals surface area (Å²) in [5.41, 5.74) is 4.83. The Morgan fingerprint density at radius 2 is 1.68 bits per heavy atom. The fourth-order valence-electron chi connectivity index (χ4n) is 4.66. The second-order valence-electron chi connectivity index (χ2n) is 9.40. The Balaban J connectivity index is 1.54. The predicted molar refractivity (Wildman–Crippen MR) is 131 cm³/mol. The molecule has 2 heterocycles. The number of likely N-dealkylation sites (tertiary alicyclic amines) is 1. The molecular formula is C28H33N3O3. The molecule has 0 bridgehead atoms. The minimum absolute atomic E-state index is 0.0652. The van der Waals surface area contributed by atoms with Gasteiger partial charge in [-0.15, -0.1) is 0 Å². The first-order chi connectivity index (χ1) is 16.3. The molecule has 0 radical (unpaired) electrons. The van der Waals surface area contributed by atoms with E-state index in [1.54, 1.807) is 4.90 Å². The smallest absolute Gasteiger partial charge is 0.243 e. The average Bonchev–Trinajstić information content (AvgIpc) is 3.46. The number of rotatable bonds is 7. The summed E-state index contributed by atoms with van der Waals surface area (Å²) in [6.07, 6.45) is 1.67. The second-order valence-corrected chi connectivity index (χ2v) is 9.40. The summed E-state index contributed by atoms with van der Waals surface area (Å²) >= 11 is 0. The van der Waals surface area contributed by atoms with Crippen LogP contribution in [0.25, 0.3) is 0 Å². The molecule has 0 spiro atoms. The van der Waals surface area contributed by atoms with Gasteiger partial charge in [-0.3, -0.25) is 9.59 Å². The van der Waals surface area contributed by atoms with Gasteiger partial charge in [0.25, 0.3) is 0 Å². The standard InChI is InChI=1S/C28H33N3O3/c1-18(2)21-12-14-23(15-13-21)27(22-9-6-5-7-10-22)29-28(33)25-11-8-16-31(25)26(32)17-24-19(3)30-34-20(24)4/h5-7,9-10,12-15,18,25,27H,8,11,16-17H2,1-4H3,(H,29,33)/t25-,27-/m0/s1. The van der Waals surface area contributed by atoms with Crippen LogP contribution in [-0.4, -0.2) is 34.5 Å². The number of nitrogens with one attached hydrogen (secondary N) is 1. The molecule has 2 aromatic carbocycles.